The fourth-order valence-electron chi connectivity index (χ4n) is 1.91. The molecule has 0 atom stereocenters. The minimum absolute atomic E-state index is 0.0681. The molecule has 2 amide bonds. The molecule has 0 unspecified atom stereocenters. The minimum atomic E-state index is -0.483. The van der Waals surface area contributed by atoms with Crippen LogP contribution in [0.1, 0.15) is 31.8 Å². The molecule has 5 heteroatoms. The van der Waals surface area contributed by atoms with Crippen LogP contribution in [0.4, 0.5) is 0 Å². The zero-order chi connectivity index (χ0) is 11.7. The van der Waals surface area contributed by atoms with Crippen LogP contribution >= 0.6 is 0 Å². The van der Waals surface area contributed by atoms with Crippen LogP contribution in [0.5, 0.6) is 0 Å². The van der Waals surface area contributed by atoms with Crippen LogP contribution in [0.25, 0.3) is 0 Å². The average Bonchev–Trinajstić information content (AvgIpc) is 2.55. The van der Waals surface area contributed by atoms with Crippen LogP contribution in [-0.2, 0) is 13.0 Å². The second-order valence-corrected chi connectivity index (χ2v) is 3.54. The highest BCUT2D eigenvalue weighted by Gasteiger charge is 2.30. The molecular formula is C11H11NO4. The summed E-state index contributed by atoms with van der Waals surface area (Å²) in [4.78, 5) is 22.9. The first-order valence-corrected chi connectivity index (χ1v) is 4.91. The largest absolute Gasteiger partial charge is 0.396 e. The Bertz CT molecular complexity index is 467. The normalized spacial score (nSPS) is 13.9. The van der Waals surface area contributed by atoms with Gasteiger partial charge in [0.1, 0.15) is 0 Å². The van der Waals surface area contributed by atoms with Gasteiger partial charge in [0.05, 0.1) is 17.7 Å². The molecule has 1 aliphatic heterocycles. The van der Waals surface area contributed by atoms with E-state index in [0.29, 0.717) is 17.5 Å². The van der Waals surface area contributed by atoms with Gasteiger partial charge in [0.2, 0.25) is 0 Å². The first kappa shape index (κ1) is 10.8. The summed E-state index contributed by atoms with van der Waals surface area (Å²) >= 11 is 0. The van der Waals surface area contributed by atoms with Crippen molar-refractivity contribution in [2.45, 2.75) is 13.0 Å². The van der Waals surface area contributed by atoms with Crippen LogP contribution in [0.2, 0.25) is 0 Å². The fourth-order valence-corrected chi connectivity index (χ4v) is 1.91. The number of carbonyl (C=O) groups excluding carboxylic acids is 2. The van der Waals surface area contributed by atoms with Crippen molar-refractivity contribution >= 4 is 11.8 Å². The highest BCUT2D eigenvalue weighted by atomic mass is 16.3. The van der Waals surface area contributed by atoms with E-state index in [4.69, 9.17) is 5.11 Å². The van der Waals surface area contributed by atoms with E-state index in [1.54, 1.807) is 12.1 Å². The van der Waals surface area contributed by atoms with Crippen LogP contribution in [0.15, 0.2) is 12.1 Å². The molecule has 1 aromatic rings. The number of aliphatic hydroxyl groups excluding tert-OH is 2. The quantitative estimate of drug-likeness (QED) is 0.606. The lowest BCUT2D eigenvalue weighted by Crippen LogP contribution is -2.20. The second kappa shape index (κ2) is 4.03. The zero-order valence-corrected chi connectivity index (χ0v) is 8.49. The number of benzene rings is 1. The number of imide groups is 1. The third-order valence-corrected chi connectivity index (χ3v) is 2.65. The summed E-state index contributed by atoms with van der Waals surface area (Å²) in [5, 5.41) is 20.3. The number of hydrogen-bond acceptors (Lipinski definition) is 4. The summed E-state index contributed by atoms with van der Waals surface area (Å²) in [6.07, 6.45) is 0.352. The number of nitrogens with one attached hydrogen (secondary N) is 1. The molecule has 16 heavy (non-hydrogen) atoms. The van der Waals surface area contributed by atoms with Crippen molar-refractivity contribution in [3.8, 4) is 0 Å². The molecule has 0 saturated carbocycles. The van der Waals surface area contributed by atoms with Gasteiger partial charge >= 0.3 is 0 Å². The molecule has 1 heterocycles. The van der Waals surface area contributed by atoms with Crippen LogP contribution in [-0.4, -0.2) is 28.6 Å². The van der Waals surface area contributed by atoms with Crippen molar-refractivity contribution < 1.29 is 19.8 Å². The highest BCUT2D eigenvalue weighted by molar-refractivity contribution is 6.22. The molecule has 0 spiro atoms. The Morgan fingerprint density at radius 3 is 2.50 bits per heavy atom. The lowest BCUT2D eigenvalue weighted by Gasteiger charge is -2.09. The zero-order valence-electron chi connectivity index (χ0n) is 8.49. The van der Waals surface area contributed by atoms with E-state index in [-0.39, 0.29) is 24.3 Å². The molecule has 0 bridgehead atoms. The predicted molar refractivity (Wildman–Crippen MR) is 55.0 cm³/mol. The summed E-state index contributed by atoms with van der Waals surface area (Å²) < 4.78 is 0. The summed E-state index contributed by atoms with van der Waals surface area (Å²) in [5.74, 6) is -0.922. The van der Waals surface area contributed by atoms with Gasteiger partial charge in [0, 0.05) is 6.61 Å². The van der Waals surface area contributed by atoms with E-state index in [2.05, 4.69) is 5.32 Å². The monoisotopic (exact) mass is 221 g/mol. The van der Waals surface area contributed by atoms with Crippen molar-refractivity contribution in [3.63, 3.8) is 0 Å². The standard InChI is InChI=1S/C11H11NO4/c13-4-3-6-1-2-7-9(8(6)5-14)11(16)12-10(7)15/h1-2,13-14H,3-5H2,(H,12,15,16). The molecule has 0 aliphatic carbocycles. The molecule has 0 radical (unpaired) electrons. The molecule has 2 rings (SSSR count). The summed E-state index contributed by atoms with van der Waals surface area (Å²) in [6.45, 7) is -0.388. The Morgan fingerprint density at radius 1 is 1.12 bits per heavy atom. The summed E-state index contributed by atoms with van der Waals surface area (Å²) in [7, 11) is 0. The van der Waals surface area contributed by atoms with E-state index >= 15 is 0 Å². The maximum absolute atomic E-state index is 11.5. The Balaban J connectivity index is 2.61. The van der Waals surface area contributed by atoms with Gasteiger partial charge in [-0.1, -0.05) is 6.07 Å². The minimum Gasteiger partial charge on any atom is -0.396 e. The average molecular weight is 221 g/mol. The maximum Gasteiger partial charge on any atom is 0.259 e. The molecule has 0 fully saturated rings. The summed E-state index contributed by atoms with van der Waals surface area (Å²) in [5.41, 5.74) is 1.64. The Morgan fingerprint density at radius 2 is 1.88 bits per heavy atom. The van der Waals surface area contributed by atoms with Crippen molar-refractivity contribution in [2.75, 3.05) is 6.61 Å². The smallest absolute Gasteiger partial charge is 0.259 e. The van der Waals surface area contributed by atoms with Gasteiger partial charge < -0.3 is 10.2 Å². The van der Waals surface area contributed by atoms with E-state index in [1.807, 2.05) is 0 Å². The molecule has 5 nitrogen and oxygen atoms in total. The number of carbonyl (C=O) groups is 2. The Labute approximate surface area is 91.7 Å². The highest BCUT2D eigenvalue weighted by Crippen LogP contribution is 2.24. The Kier molecular flexibility index (Phi) is 2.72. The maximum atomic E-state index is 11.5. The molecule has 0 saturated heterocycles. The Hall–Kier alpha value is -1.72. The van der Waals surface area contributed by atoms with E-state index in [9.17, 15) is 14.7 Å². The number of rotatable bonds is 3. The van der Waals surface area contributed by atoms with E-state index in [1.165, 1.54) is 0 Å². The van der Waals surface area contributed by atoms with E-state index in [0.717, 1.165) is 0 Å². The van der Waals surface area contributed by atoms with Gasteiger partial charge in [-0.05, 0) is 23.6 Å². The van der Waals surface area contributed by atoms with Crippen molar-refractivity contribution in [1.82, 2.24) is 5.32 Å². The first-order chi connectivity index (χ1) is 7.69. The predicted octanol–water partition coefficient (Wildman–Crippen LogP) is -0.403. The van der Waals surface area contributed by atoms with Crippen LogP contribution < -0.4 is 5.32 Å². The summed E-state index contributed by atoms with van der Waals surface area (Å²) in [6, 6.07) is 3.19. The second-order valence-electron chi connectivity index (χ2n) is 3.54. The number of amides is 2. The van der Waals surface area contributed by atoms with Crippen LogP contribution in [0, 0.1) is 0 Å². The molecule has 1 aliphatic rings. The van der Waals surface area contributed by atoms with Crippen molar-refractivity contribution in [2.24, 2.45) is 0 Å². The lowest BCUT2D eigenvalue weighted by atomic mass is 9.96. The first-order valence-electron chi connectivity index (χ1n) is 4.91. The third kappa shape index (κ3) is 1.50. The molecule has 1 aromatic carbocycles. The fraction of sp³-hybridized carbons (Fsp3) is 0.273. The van der Waals surface area contributed by atoms with Gasteiger partial charge in [0.25, 0.3) is 11.8 Å². The van der Waals surface area contributed by atoms with Crippen molar-refractivity contribution in [3.05, 3.63) is 34.4 Å². The van der Waals surface area contributed by atoms with Gasteiger partial charge in [-0.3, -0.25) is 14.9 Å². The molecular weight excluding hydrogens is 210 g/mol. The number of fused-ring (bicyclic) bond motifs is 1. The number of aliphatic hydroxyl groups is 2. The van der Waals surface area contributed by atoms with Crippen molar-refractivity contribution in [1.29, 1.82) is 0 Å². The van der Waals surface area contributed by atoms with Gasteiger partial charge in [-0.2, -0.15) is 0 Å². The number of hydrogen-bond donors (Lipinski definition) is 3. The molecule has 84 valence electrons. The third-order valence-electron chi connectivity index (χ3n) is 2.65. The van der Waals surface area contributed by atoms with Crippen LogP contribution in [0.3, 0.4) is 0 Å². The molecule has 3 N–H and O–H groups in total. The topological polar surface area (TPSA) is 86.6 Å². The lowest BCUT2D eigenvalue weighted by molar-refractivity contribution is 0.0878. The SMILES string of the molecule is O=C1NC(=O)c2c1ccc(CCO)c2CO. The van der Waals surface area contributed by atoms with E-state index < -0.39 is 11.8 Å². The van der Waals surface area contributed by atoms with Gasteiger partial charge in [-0.25, -0.2) is 0 Å². The van der Waals surface area contributed by atoms with Gasteiger partial charge in [-0.15, -0.1) is 0 Å². The molecule has 0 aromatic heterocycles. The van der Waals surface area contributed by atoms with Gasteiger partial charge in [0.15, 0.2) is 0 Å².